The maximum absolute atomic E-state index is 13.3. The number of carboxylic acid groups (broad SMARTS) is 1. The number of hydrogen-bond donors (Lipinski definition) is 2. The lowest BCUT2D eigenvalue weighted by Crippen LogP contribution is -2.41. The van der Waals surface area contributed by atoms with Crippen molar-refractivity contribution < 1.29 is 24.2 Å². The fraction of sp³-hybridized carbons (Fsp3) is 0.409. The van der Waals surface area contributed by atoms with Crippen LogP contribution in [0, 0.1) is 27.7 Å². The van der Waals surface area contributed by atoms with Gasteiger partial charge in [-0.05, 0) is 101 Å². The summed E-state index contributed by atoms with van der Waals surface area (Å²) in [5, 5.41) is 15.0. The van der Waals surface area contributed by atoms with E-state index in [1.807, 2.05) is 92.0 Å². The number of nitrogens with zero attached hydrogens (tertiary/aromatic N) is 5. The maximum atomic E-state index is 13.3. The van der Waals surface area contributed by atoms with Crippen LogP contribution in [0.1, 0.15) is 77.0 Å². The van der Waals surface area contributed by atoms with Crippen molar-refractivity contribution >= 4 is 57.7 Å². The Morgan fingerprint density at radius 2 is 1.68 bits per heavy atom. The van der Waals surface area contributed by atoms with E-state index < -0.39 is 12.0 Å². The van der Waals surface area contributed by atoms with Crippen LogP contribution < -0.4 is 24.6 Å². The molecule has 3 aromatic carbocycles. The second kappa shape index (κ2) is 18.6. The van der Waals surface area contributed by atoms with Crippen molar-refractivity contribution in [3.63, 3.8) is 0 Å². The molecule has 2 aromatic heterocycles. The number of likely N-dealkylation sites (N-methyl/N-ethyl adjacent to an activating group) is 1. The van der Waals surface area contributed by atoms with Gasteiger partial charge in [-0.15, -0.1) is 0 Å². The normalized spacial score (nSPS) is 14.6. The highest BCUT2D eigenvalue weighted by atomic mass is 35.5. The Bertz CT molecular complexity index is 2230. The molecule has 0 bridgehead atoms. The van der Waals surface area contributed by atoms with E-state index in [9.17, 15) is 14.7 Å². The number of carbonyl (C=O) groups is 2. The molecule has 0 spiro atoms. The zero-order valence-electron chi connectivity index (χ0n) is 34.6. The first-order valence-electron chi connectivity index (χ1n) is 19.3. The number of aromatic nitrogens is 3. The van der Waals surface area contributed by atoms with Gasteiger partial charge in [-0.3, -0.25) is 0 Å². The Hall–Kier alpha value is -4.84. The van der Waals surface area contributed by atoms with Gasteiger partial charge >= 0.3 is 5.97 Å². The van der Waals surface area contributed by atoms with E-state index in [1.54, 1.807) is 24.8 Å². The van der Waals surface area contributed by atoms with Crippen LogP contribution in [-0.4, -0.2) is 78.8 Å². The van der Waals surface area contributed by atoms with Gasteiger partial charge in [-0.2, -0.15) is 0 Å². The molecule has 13 heteroatoms. The fourth-order valence-electron chi connectivity index (χ4n) is 8.10. The minimum absolute atomic E-state index is 0.130. The van der Waals surface area contributed by atoms with Gasteiger partial charge in [0, 0.05) is 66.0 Å². The molecule has 1 aliphatic heterocycles. The first kappa shape index (κ1) is 43.3. The number of nitrogens with one attached hydrogen (secondary N) is 1. The monoisotopic (exact) mass is 816 g/mol. The number of ether oxygens (including phenoxy) is 2. The van der Waals surface area contributed by atoms with Crippen LogP contribution in [0.25, 0.3) is 22.0 Å². The van der Waals surface area contributed by atoms with Crippen LogP contribution in [0.4, 0.5) is 11.4 Å². The quantitative estimate of drug-likeness (QED) is 0.0782. The Labute approximate surface area is 345 Å². The van der Waals surface area contributed by atoms with E-state index in [0.717, 1.165) is 73.2 Å². The molecule has 3 heterocycles. The molecule has 2 atom stereocenters. The minimum atomic E-state index is -1.02. The van der Waals surface area contributed by atoms with Gasteiger partial charge in [0.25, 0.3) is 0 Å². The Morgan fingerprint density at radius 1 is 1.02 bits per heavy atom. The Balaban J connectivity index is 0.00000305. The SMILES string of the molecule is CC.CNCc1nc(C)c(-c2c(Cl)ccc3c2N(CCN(C)c2ccc(OC)c4cc(C(=O)O)n(C)c24)C(C=O)C3CCCOc2cc(C)c(Cl)c(C)c2)c(C)n1. The number of methoxy groups -OCH3 is 1. The van der Waals surface area contributed by atoms with Crippen LogP contribution in [0.2, 0.25) is 10.0 Å². The van der Waals surface area contributed by atoms with Gasteiger partial charge in [0.1, 0.15) is 29.3 Å². The molecule has 0 saturated carbocycles. The summed E-state index contributed by atoms with van der Waals surface area (Å²) in [7, 11) is 7.15. The third kappa shape index (κ3) is 8.56. The molecule has 0 saturated heterocycles. The molecular formula is C44H54Cl2N6O5. The molecule has 2 N–H and O–H groups in total. The van der Waals surface area contributed by atoms with Gasteiger partial charge in [0.2, 0.25) is 0 Å². The number of carbonyl (C=O) groups excluding carboxylic acids is 1. The zero-order valence-corrected chi connectivity index (χ0v) is 36.1. The highest BCUT2D eigenvalue weighted by Gasteiger charge is 2.41. The molecule has 2 unspecified atom stereocenters. The van der Waals surface area contributed by atoms with Crippen molar-refractivity contribution in [3.05, 3.63) is 92.1 Å². The lowest BCUT2D eigenvalue weighted by atomic mass is 9.89. The van der Waals surface area contributed by atoms with Gasteiger partial charge in [0.15, 0.2) is 0 Å². The van der Waals surface area contributed by atoms with Gasteiger partial charge < -0.3 is 39.1 Å². The summed E-state index contributed by atoms with van der Waals surface area (Å²) in [5.41, 5.74) is 8.86. The summed E-state index contributed by atoms with van der Waals surface area (Å²) in [6.07, 6.45) is 2.46. The molecule has 304 valence electrons. The number of halogens is 2. The number of aromatic carboxylic acids is 1. The van der Waals surface area contributed by atoms with Crippen molar-refractivity contribution in [1.82, 2.24) is 19.9 Å². The van der Waals surface area contributed by atoms with Crippen LogP contribution in [0.3, 0.4) is 0 Å². The fourth-order valence-corrected chi connectivity index (χ4v) is 8.45. The first-order valence-corrected chi connectivity index (χ1v) is 20.1. The summed E-state index contributed by atoms with van der Waals surface area (Å²) in [5.74, 6) is 0.895. The Morgan fingerprint density at radius 3 is 2.28 bits per heavy atom. The summed E-state index contributed by atoms with van der Waals surface area (Å²) in [4.78, 5) is 39.3. The molecule has 0 radical (unpaired) electrons. The zero-order chi connectivity index (χ0) is 41.7. The highest BCUT2D eigenvalue weighted by Crippen LogP contribution is 2.51. The third-order valence-corrected chi connectivity index (χ3v) is 11.6. The number of aldehydes is 1. The van der Waals surface area contributed by atoms with E-state index in [4.69, 9.17) is 42.6 Å². The number of rotatable bonds is 15. The van der Waals surface area contributed by atoms with Crippen LogP contribution in [0.5, 0.6) is 11.5 Å². The highest BCUT2D eigenvalue weighted by molar-refractivity contribution is 6.34. The number of anilines is 2. The van der Waals surface area contributed by atoms with Gasteiger partial charge in [-0.25, -0.2) is 14.8 Å². The predicted molar refractivity (Wildman–Crippen MR) is 231 cm³/mol. The number of aryl methyl sites for hydroxylation is 5. The molecule has 6 rings (SSSR count). The summed E-state index contributed by atoms with van der Waals surface area (Å²) in [6.45, 7) is 13.9. The largest absolute Gasteiger partial charge is 0.496 e. The van der Waals surface area contributed by atoms with Crippen LogP contribution in [0.15, 0.2) is 42.5 Å². The minimum Gasteiger partial charge on any atom is -0.496 e. The van der Waals surface area contributed by atoms with E-state index in [0.29, 0.717) is 61.1 Å². The van der Waals surface area contributed by atoms with E-state index >= 15 is 0 Å². The third-order valence-electron chi connectivity index (χ3n) is 10.7. The molecule has 0 aliphatic carbocycles. The van der Waals surface area contributed by atoms with Crippen LogP contribution >= 0.6 is 23.2 Å². The molecular weight excluding hydrogens is 763 g/mol. The summed E-state index contributed by atoms with van der Waals surface area (Å²) >= 11 is 13.5. The second-order valence-electron chi connectivity index (χ2n) is 14.2. The average Bonchev–Trinajstić information content (AvgIpc) is 3.69. The van der Waals surface area contributed by atoms with Crippen molar-refractivity contribution in [2.24, 2.45) is 7.05 Å². The molecule has 11 nitrogen and oxygen atoms in total. The summed E-state index contributed by atoms with van der Waals surface area (Å²) < 4.78 is 13.5. The van der Waals surface area contributed by atoms with Crippen molar-refractivity contribution in [1.29, 1.82) is 0 Å². The van der Waals surface area contributed by atoms with E-state index in [-0.39, 0.29) is 11.6 Å². The Kier molecular flexibility index (Phi) is 14.1. The average molecular weight is 818 g/mol. The molecule has 0 amide bonds. The summed E-state index contributed by atoms with van der Waals surface area (Å²) in [6, 6.07) is 12.8. The molecule has 57 heavy (non-hydrogen) atoms. The van der Waals surface area contributed by atoms with Crippen LogP contribution in [-0.2, 0) is 18.4 Å². The van der Waals surface area contributed by atoms with E-state index in [2.05, 4.69) is 15.1 Å². The van der Waals surface area contributed by atoms with Gasteiger partial charge in [-0.1, -0.05) is 43.1 Å². The molecule has 0 fully saturated rings. The maximum Gasteiger partial charge on any atom is 0.352 e. The lowest BCUT2D eigenvalue weighted by molar-refractivity contribution is -0.109. The predicted octanol–water partition coefficient (Wildman–Crippen LogP) is 9.09. The van der Waals surface area contributed by atoms with E-state index in [1.165, 1.54) is 0 Å². The van der Waals surface area contributed by atoms with Gasteiger partial charge in [0.05, 0.1) is 48.2 Å². The van der Waals surface area contributed by atoms with Crippen molar-refractivity contribution in [2.45, 2.75) is 72.9 Å². The standard InChI is InChI=1S/C42H48Cl2N6O5.C2H6/c1-23-18-27(19-24(2)39(23)44)55-17-9-10-28-29-11-12-31(43)38(37-25(3)46-36(21-45-5)47-26(37)4)41(29)50(34(28)22-51)16-15-48(6)32-13-14-35(54-8)30-20-33(42(52)53)49(7)40(30)32;1-2/h11-14,18-20,22,28,34,45H,9-10,15-17,21H2,1-8H3,(H,52,53);1-2H3. The number of fused-ring (bicyclic) bond motifs is 2. The van der Waals surface area contributed by atoms with Crippen molar-refractivity contribution in [2.75, 3.05) is 50.7 Å². The second-order valence-corrected chi connectivity index (χ2v) is 15.0. The molecule has 5 aromatic rings. The topological polar surface area (TPSA) is 122 Å². The first-order chi connectivity index (χ1) is 27.3. The number of carboxylic acids is 1. The number of hydrogen-bond acceptors (Lipinski definition) is 9. The number of benzene rings is 3. The molecule has 1 aliphatic rings. The van der Waals surface area contributed by atoms with Crippen molar-refractivity contribution in [3.8, 4) is 22.6 Å². The lowest BCUT2D eigenvalue weighted by Gasteiger charge is -2.31. The smallest absolute Gasteiger partial charge is 0.352 e.